The Morgan fingerprint density at radius 2 is 2.04 bits per heavy atom. The van der Waals surface area contributed by atoms with Crippen LogP contribution in [0.2, 0.25) is 0 Å². The van der Waals surface area contributed by atoms with Crippen LogP contribution in [0.25, 0.3) is 0 Å². The third kappa shape index (κ3) is 4.29. The smallest absolute Gasteiger partial charge is 0.323 e. The highest BCUT2D eigenvalue weighted by Crippen LogP contribution is 2.32. The van der Waals surface area contributed by atoms with Crippen LogP contribution in [-0.4, -0.2) is 77.0 Å². The molecule has 1 amide bonds. The number of carbonyl (C=O) groups excluding carboxylic acids is 1. The van der Waals surface area contributed by atoms with E-state index in [2.05, 4.69) is 22.9 Å². The molecule has 2 aliphatic heterocycles. The summed E-state index contributed by atoms with van der Waals surface area (Å²) in [4.78, 5) is 29.5. The topological polar surface area (TPSA) is 87.9 Å². The van der Waals surface area contributed by atoms with E-state index in [4.69, 9.17) is 5.11 Å². The van der Waals surface area contributed by atoms with Crippen molar-refractivity contribution < 1.29 is 14.7 Å². The van der Waals surface area contributed by atoms with Crippen molar-refractivity contribution in [2.75, 3.05) is 39.8 Å². The zero-order chi connectivity index (χ0) is 19.4. The van der Waals surface area contributed by atoms with Gasteiger partial charge in [0.05, 0.1) is 11.6 Å². The fourth-order valence-corrected chi connectivity index (χ4v) is 4.25. The highest BCUT2D eigenvalue weighted by atomic mass is 16.4. The molecule has 0 aliphatic carbocycles. The second-order valence-corrected chi connectivity index (χ2v) is 7.58. The highest BCUT2D eigenvalue weighted by Gasteiger charge is 2.42. The number of aliphatic carboxylic acids is 1. The third-order valence-electron chi connectivity index (χ3n) is 5.94. The summed E-state index contributed by atoms with van der Waals surface area (Å²) >= 11 is 0. The number of carbonyl (C=O) groups is 2. The molecule has 1 atom stereocenters. The van der Waals surface area contributed by atoms with Crippen molar-refractivity contribution in [2.24, 2.45) is 0 Å². The number of amides is 1. The molecule has 2 aliphatic rings. The Labute approximate surface area is 159 Å². The quantitative estimate of drug-likeness (QED) is 0.855. The molecule has 0 bridgehead atoms. The van der Waals surface area contributed by atoms with Crippen LogP contribution in [0.1, 0.15) is 30.4 Å². The number of nitrogens with zero attached hydrogens (tertiary/aromatic N) is 4. The zero-order valence-corrected chi connectivity index (χ0v) is 15.7. The molecule has 0 saturated carbocycles. The number of carboxylic acids is 1. The molecular weight excluding hydrogens is 344 g/mol. The summed E-state index contributed by atoms with van der Waals surface area (Å²) < 4.78 is 0. The second kappa shape index (κ2) is 8.07. The van der Waals surface area contributed by atoms with Crippen molar-refractivity contribution in [1.82, 2.24) is 14.7 Å². The molecule has 1 aromatic carbocycles. The van der Waals surface area contributed by atoms with E-state index in [1.165, 1.54) is 4.90 Å². The number of piperazine rings is 1. The lowest BCUT2D eigenvalue weighted by molar-refractivity contribution is -0.144. The summed E-state index contributed by atoms with van der Waals surface area (Å²) in [5.74, 6) is -1.04. The first-order valence-corrected chi connectivity index (χ1v) is 9.35. The van der Waals surface area contributed by atoms with Gasteiger partial charge < -0.3 is 10.0 Å². The molecule has 0 radical (unpaired) electrons. The normalized spacial score (nSPS) is 24.6. The molecule has 0 aromatic heterocycles. The maximum atomic E-state index is 12.3. The summed E-state index contributed by atoms with van der Waals surface area (Å²) in [5, 5.41) is 18.4. The lowest BCUT2D eigenvalue weighted by Crippen LogP contribution is -2.60. The van der Waals surface area contributed by atoms with Crippen LogP contribution < -0.4 is 0 Å². The Hall–Kier alpha value is -2.43. The molecule has 1 aromatic rings. The van der Waals surface area contributed by atoms with Crippen molar-refractivity contribution in [2.45, 2.75) is 31.3 Å². The van der Waals surface area contributed by atoms with Gasteiger partial charge in [0.25, 0.3) is 0 Å². The van der Waals surface area contributed by atoms with Gasteiger partial charge in [-0.1, -0.05) is 18.2 Å². The number of hydrogen-bond acceptors (Lipinski definition) is 5. The summed E-state index contributed by atoms with van der Waals surface area (Å²) in [6.07, 6.45) is 1.87. The maximum absolute atomic E-state index is 12.3. The van der Waals surface area contributed by atoms with E-state index in [9.17, 15) is 14.9 Å². The van der Waals surface area contributed by atoms with E-state index in [0.717, 1.165) is 38.0 Å². The minimum atomic E-state index is -0.967. The summed E-state index contributed by atoms with van der Waals surface area (Å²) in [7, 11) is 2.10. The van der Waals surface area contributed by atoms with E-state index >= 15 is 0 Å². The SMILES string of the molecule is CN1CCN(Cc2ccccc2C#N)C[C@]12CCC(=O)N(CC(=O)O)CC2. The van der Waals surface area contributed by atoms with Crippen LogP contribution in [0.3, 0.4) is 0 Å². The predicted molar refractivity (Wildman–Crippen MR) is 99.9 cm³/mol. The largest absolute Gasteiger partial charge is 0.480 e. The molecule has 2 heterocycles. The van der Waals surface area contributed by atoms with Gasteiger partial charge in [-0.15, -0.1) is 0 Å². The molecule has 27 heavy (non-hydrogen) atoms. The van der Waals surface area contributed by atoms with Crippen molar-refractivity contribution >= 4 is 11.9 Å². The average molecular weight is 370 g/mol. The van der Waals surface area contributed by atoms with Gasteiger partial charge in [0.2, 0.25) is 5.91 Å². The predicted octanol–water partition coefficient (Wildman–Crippen LogP) is 1.14. The number of carboxylic acid groups (broad SMARTS) is 1. The van der Waals surface area contributed by atoms with Crippen LogP contribution in [0.4, 0.5) is 0 Å². The number of rotatable bonds is 4. The lowest BCUT2D eigenvalue weighted by atomic mass is 9.86. The molecule has 7 nitrogen and oxygen atoms in total. The van der Waals surface area contributed by atoms with Crippen LogP contribution in [0, 0.1) is 11.3 Å². The molecule has 2 saturated heterocycles. The van der Waals surface area contributed by atoms with Crippen LogP contribution in [0.15, 0.2) is 24.3 Å². The second-order valence-electron chi connectivity index (χ2n) is 7.58. The summed E-state index contributed by atoms with van der Waals surface area (Å²) in [5.41, 5.74) is 1.59. The van der Waals surface area contributed by atoms with Crippen LogP contribution >= 0.6 is 0 Å². The van der Waals surface area contributed by atoms with Gasteiger partial charge in [-0.2, -0.15) is 5.26 Å². The molecule has 1 N–H and O–H groups in total. The van der Waals surface area contributed by atoms with Crippen molar-refractivity contribution in [3.8, 4) is 6.07 Å². The number of benzene rings is 1. The van der Waals surface area contributed by atoms with Crippen molar-refractivity contribution in [3.05, 3.63) is 35.4 Å². The number of hydrogen-bond donors (Lipinski definition) is 1. The first-order valence-electron chi connectivity index (χ1n) is 9.35. The zero-order valence-electron chi connectivity index (χ0n) is 15.7. The first-order chi connectivity index (χ1) is 12.9. The molecule has 7 heteroatoms. The van der Waals surface area contributed by atoms with E-state index in [-0.39, 0.29) is 18.0 Å². The molecule has 1 spiro atoms. The monoisotopic (exact) mass is 370 g/mol. The van der Waals surface area contributed by atoms with E-state index in [0.29, 0.717) is 25.1 Å². The van der Waals surface area contributed by atoms with Gasteiger partial charge in [0.1, 0.15) is 6.54 Å². The average Bonchev–Trinajstić information content (AvgIpc) is 2.80. The lowest BCUT2D eigenvalue weighted by Gasteiger charge is -2.49. The summed E-state index contributed by atoms with van der Waals surface area (Å²) in [6, 6.07) is 9.93. The Bertz CT molecular complexity index is 760. The van der Waals surface area contributed by atoms with Gasteiger partial charge in [-0.3, -0.25) is 19.4 Å². The fourth-order valence-electron chi connectivity index (χ4n) is 4.25. The van der Waals surface area contributed by atoms with Gasteiger partial charge in [0, 0.05) is 44.7 Å². The molecule has 3 rings (SSSR count). The van der Waals surface area contributed by atoms with Crippen molar-refractivity contribution in [3.63, 3.8) is 0 Å². The Morgan fingerprint density at radius 3 is 2.78 bits per heavy atom. The minimum Gasteiger partial charge on any atom is -0.480 e. The van der Waals surface area contributed by atoms with Gasteiger partial charge in [-0.05, 0) is 31.5 Å². The molecule has 144 valence electrons. The first kappa shape index (κ1) is 19.3. The van der Waals surface area contributed by atoms with E-state index in [1.807, 2.05) is 24.3 Å². The van der Waals surface area contributed by atoms with Gasteiger partial charge >= 0.3 is 5.97 Å². The fraction of sp³-hybridized carbons (Fsp3) is 0.550. The highest BCUT2D eigenvalue weighted by molar-refractivity contribution is 5.81. The molecule has 0 unspecified atom stereocenters. The Morgan fingerprint density at radius 1 is 1.26 bits per heavy atom. The van der Waals surface area contributed by atoms with E-state index in [1.54, 1.807) is 0 Å². The number of likely N-dealkylation sites (tertiary alicyclic amines) is 1. The standard InChI is InChI=1S/C20H26N4O3/c1-22-10-11-23(13-17-5-3-2-4-16(17)12-21)15-20(22)7-6-18(25)24(9-8-20)14-19(26)27/h2-5H,6-11,13-15H2,1H3,(H,26,27)/t20-/m1/s1. The summed E-state index contributed by atoms with van der Waals surface area (Å²) in [6.45, 7) is 3.58. The van der Waals surface area contributed by atoms with Crippen molar-refractivity contribution in [1.29, 1.82) is 5.26 Å². The van der Waals surface area contributed by atoms with Crippen LogP contribution in [-0.2, 0) is 16.1 Å². The number of likely N-dealkylation sites (N-methyl/N-ethyl adjacent to an activating group) is 1. The van der Waals surface area contributed by atoms with Crippen LogP contribution in [0.5, 0.6) is 0 Å². The van der Waals surface area contributed by atoms with E-state index < -0.39 is 5.97 Å². The molecule has 2 fully saturated rings. The molecular formula is C20H26N4O3. The maximum Gasteiger partial charge on any atom is 0.323 e. The Balaban J connectivity index is 1.74. The minimum absolute atomic E-state index is 0.0744. The van der Waals surface area contributed by atoms with Gasteiger partial charge in [-0.25, -0.2) is 0 Å². The number of nitriles is 1. The Kier molecular flexibility index (Phi) is 5.78. The third-order valence-corrected chi connectivity index (χ3v) is 5.94. The van der Waals surface area contributed by atoms with Gasteiger partial charge in [0.15, 0.2) is 0 Å².